The number of nitrogens with zero attached hydrogens (tertiary/aromatic N) is 5. The Hall–Kier alpha value is -7.76. The average molecular weight is 728 g/mol. The molecule has 8 aromatic carbocycles. The largest absolute Gasteiger partial charge is 0.309 e. The highest BCUT2D eigenvalue weighted by Gasteiger charge is 2.22. The molecule has 0 unspecified atom stereocenters. The first-order chi connectivity index (χ1) is 28.3. The molecule has 0 fully saturated rings. The van der Waals surface area contributed by atoms with Crippen molar-refractivity contribution in [3.05, 3.63) is 200 Å². The van der Waals surface area contributed by atoms with Crippen LogP contribution >= 0.6 is 0 Å². The lowest BCUT2D eigenvalue weighted by molar-refractivity contribution is 1.07. The molecular formula is C52H33N5. The van der Waals surface area contributed by atoms with Gasteiger partial charge in [0.15, 0.2) is 17.5 Å². The molecule has 3 heterocycles. The van der Waals surface area contributed by atoms with Crippen LogP contribution < -0.4 is 0 Å². The Morgan fingerprint density at radius 2 is 0.860 bits per heavy atom. The van der Waals surface area contributed by atoms with Crippen LogP contribution in [0.4, 0.5) is 0 Å². The predicted molar refractivity (Wildman–Crippen MR) is 234 cm³/mol. The molecule has 0 saturated heterocycles. The number of hydrogen-bond donors (Lipinski definition) is 0. The lowest BCUT2D eigenvalue weighted by atomic mass is 9.95. The van der Waals surface area contributed by atoms with Gasteiger partial charge in [0, 0.05) is 54.9 Å². The van der Waals surface area contributed by atoms with E-state index >= 15 is 0 Å². The summed E-state index contributed by atoms with van der Waals surface area (Å²) in [6.45, 7) is 0. The van der Waals surface area contributed by atoms with Crippen LogP contribution in [0.2, 0.25) is 0 Å². The third-order valence-corrected chi connectivity index (χ3v) is 10.8. The Balaban J connectivity index is 1.19. The van der Waals surface area contributed by atoms with E-state index in [4.69, 9.17) is 19.9 Å². The van der Waals surface area contributed by atoms with Crippen LogP contribution in [0.1, 0.15) is 0 Å². The maximum Gasteiger partial charge on any atom is 0.164 e. The van der Waals surface area contributed by atoms with Crippen molar-refractivity contribution in [3.63, 3.8) is 0 Å². The molecule has 57 heavy (non-hydrogen) atoms. The van der Waals surface area contributed by atoms with Crippen molar-refractivity contribution < 1.29 is 0 Å². The highest BCUT2D eigenvalue weighted by molar-refractivity contribution is 6.28. The molecule has 0 atom stereocenters. The van der Waals surface area contributed by atoms with E-state index in [0.29, 0.717) is 17.5 Å². The third-order valence-electron chi connectivity index (χ3n) is 10.8. The summed E-state index contributed by atoms with van der Waals surface area (Å²) < 4.78 is 2.44. The Labute approximate surface area is 329 Å². The van der Waals surface area contributed by atoms with Gasteiger partial charge in [-0.15, -0.1) is 0 Å². The van der Waals surface area contributed by atoms with Gasteiger partial charge in [-0.05, 0) is 41.5 Å². The highest BCUT2D eigenvalue weighted by atomic mass is 15.0. The molecule has 0 spiro atoms. The second kappa shape index (κ2) is 13.5. The van der Waals surface area contributed by atoms with Gasteiger partial charge in [-0.1, -0.05) is 170 Å². The number of hydrogen-bond acceptors (Lipinski definition) is 4. The van der Waals surface area contributed by atoms with Crippen LogP contribution in [0, 0.1) is 0 Å². The third kappa shape index (κ3) is 5.56. The smallest absolute Gasteiger partial charge is 0.164 e. The van der Waals surface area contributed by atoms with Crippen molar-refractivity contribution >= 4 is 43.5 Å². The van der Waals surface area contributed by atoms with Gasteiger partial charge in [0.2, 0.25) is 0 Å². The average Bonchev–Trinajstić information content (AvgIpc) is 3.64. The molecule has 0 aliphatic heterocycles. The van der Waals surface area contributed by atoms with Crippen molar-refractivity contribution in [2.24, 2.45) is 0 Å². The zero-order valence-electron chi connectivity index (χ0n) is 30.8. The molecule has 0 aliphatic rings. The van der Waals surface area contributed by atoms with Crippen LogP contribution in [0.15, 0.2) is 200 Å². The maximum absolute atomic E-state index is 5.27. The van der Waals surface area contributed by atoms with Gasteiger partial charge in [0.1, 0.15) is 0 Å². The van der Waals surface area contributed by atoms with Crippen molar-refractivity contribution in [2.75, 3.05) is 0 Å². The number of benzene rings is 8. The number of pyridine rings is 1. The lowest BCUT2D eigenvalue weighted by Crippen LogP contribution is -2.00. The fraction of sp³-hybridized carbons (Fsp3) is 0. The van der Waals surface area contributed by atoms with Crippen LogP contribution in [-0.2, 0) is 0 Å². The van der Waals surface area contributed by atoms with Gasteiger partial charge >= 0.3 is 0 Å². The monoisotopic (exact) mass is 727 g/mol. The van der Waals surface area contributed by atoms with Crippen LogP contribution in [0.3, 0.4) is 0 Å². The minimum atomic E-state index is 0.627. The molecule has 5 nitrogen and oxygen atoms in total. The standard InChI is InChI=1S/C52H33N5/c1-5-17-34(18-6-1)48-42-31-32-43-46-40(28-16-30-45(46)57(39-25-11-4-12-26-39)49(43)47(42)41-27-13-14-29-44(41)53-48)37-23-15-24-38(33-37)52-55-50(35-19-7-2-8-20-35)54-51(56-52)36-21-9-3-10-22-36/h1-33H. The second-order valence-electron chi connectivity index (χ2n) is 14.2. The second-order valence-corrected chi connectivity index (χ2v) is 14.2. The zero-order valence-corrected chi connectivity index (χ0v) is 30.8. The molecule has 0 bridgehead atoms. The number of fused-ring (bicyclic) bond motifs is 7. The summed E-state index contributed by atoms with van der Waals surface area (Å²) in [4.78, 5) is 20.3. The Morgan fingerprint density at radius 3 is 1.54 bits per heavy atom. The number of para-hydroxylation sites is 2. The van der Waals surface area contributed by atoms with E-state index in [-0.39, 0.29) is 0 Å². The topological polar surface area (TPSA) is 56.5 Å². The highest BCUT2D eigenvalue weighted by Crippen LogP contribution is 2.45. The van der Waals surface area contributed by atoms with Gasteiger partial charge in [-0.25, -0.2) is 19.9 Å². The van der Waals surface area contributed by atoms with E-state index in [1.807, 2.05) is 60.7 Å². The summed E-state index contributed by atoms with van der Waals surface area (Å²) in [6, 6.07) is 69.8. The molecule has 3 aromatic heterocycles. The van der Waals surface area contributed by atoms with Crippen LogP contribution in [-0.4, -0.2) is 24.5 Å². The molecule has 0 amide bonds. The fourth-order valence-corrected chi connectivity index (χ4v) is 8.25. The summed E-state index contributed by atoms with van der Waals surface area (Å²) >= 11 is 0. The summed E-state index contributed by atoms with van der Waals surface area (Å²) in [7, 11) is 0. The van der Waals surface area contributed by atoms with Crippen LogP contribution in [0.25, 0.3) is 106 Å². The SMILES string of the molecule is c1ccc(-c2nc(-c3ccccc3)nc(-c3cccc(-c4cccc5c4c4ccc6c(-c7ccccc7)nc7ccccc7c6c4n5-c4ccccc4)c3)n2)cc1. The quantitative estimate of drug-likeness (QED) is 0.160. The molecule has 266 valence electrons. The number of rotatable bonds is 6. The van der Waals surface area contributed by atoms with Gasteiger partial charge in [-0.3, -0.25) is 0 Å². The van der Waals surface area contributed by atoms with E-state index < -0.39 is 0 Å². The van der Waals surface area contributed by atoms with Gasteiger partial charge in [0.05, 0.1) is 22.2 Å². The van der Waals surface area contributed by atoms with Gasteiger partial charge < -0.3 is 4.57 Å². The summed E-state index contributed by atoms with van der Waals surface area (Å²) in [5, 5.41) is 5.79. The zero-order chi connectivity index (χ0) is 37.7. The molecule has 0 N–H and O–H groups in total. The predicted octanol–water partition coefficient (Wildman–Crippen LogP) is 13.0. The molecule has 0 aliphatic carbocycles. The van der Waals surface area contributed by atoms with Gasteiger partial charge in [-0.2, -0.15) is 0 Å². The maximum atomic E-state index is 5.27. The van der Waals surface area contributed by atoms with E-state index in [0.717, 1.165) is 72.1 Å². The van der Waals surface area contributed by atoms with Crippen molar-refractivity contribution in [1.82, 2.24) is 24.5 Å². The first kappa shape index (κ1) is 32.7. The van der Waals surface area contributed by atoms with Crippen molar-refractivity contribution in [2.45, 2.75) is 0 Å². The summed E-state index contributed by atoms with van der Waals surface area (Å²) in [6.07, 6.45) is 0. The normalized spacial score (nSPS) is 11.5. The molecule has 5 heteroatoms. The fourth-order valence-electron chi connectivity index (χ4n) is 8.25. The Kier molecular flexibility index (Phi) is 7.74. The van der Waals surface area contributed by atoms with Crippen molar-refractivity contribution in [3.8, 4) is 62.2 Å². The van der Waals surface area contributed by atoms with Gasteiger partial charge in [0.25, 0.3) is 0 Å². The molecule has 11 rings (SSSR count). The molecule has 0 saturated carbocycles. The van der Waals surface area contributed by atoms with Crippen molar-refractivity contribution in [1.29, 1.82) is 0 Å². The van der Waals surface area contributed by atoms with E-state index in [1.54, 1.807) is 0 Å². The van der Waals surface area contributed by atoms with E-state index in [1.165, 1.54) is 16.2 Å². The molecule has 0 radical (unpaired) electrons. The summed E-state index contributed by atoms with van der Waals surface area (Å²) in [5.74, 6) is 1.91. The van der Waals surface area contributed by atoms with Crippen LogP contribution in [0.5, 0.6) is 0 Å². The Bertz CT molecular complexity index is 3210. The minimum absolute atomic E-state index is 0.627. The first-order valence-corrected chi connectivity index (χ1v) is 19.2. The Morgan fingerprint density at radius 1 is 0.333 bits per heavy atom. The molecular weight excluding hydrogens is 695 g/mol. The lowest BCUT2D eigenvalue weighted by Gasteiger charge is -2.14. The number of aromatic nitrogens is 5. The van der Waals surface area contributed by atoms with E-state index in [2.05, 4.69) is 144 Å². The minimum Gasteiger partial charge on any atom is -0.309 e. The van der Waals surface area contributed by atoms with E-state index in [9.17, 15) is 0 Å². The first-order valence-electron chi connectivity index (χ1n) is 19.2. The summed E-state index contributed by atoms with van der Waals surface area (Å²) in [5.41, 5.74) is 11.5. The molecule has 11 aromatic rings.